The number of halogens is 1. The molecule has 0 fully saturated rings. The molecule has 7 heteroatoms. The summed E-state index contributed by atoms with van der Waals surface area (Å²) in [6.07, 6.45) is 3.42. The van der Waals surface area contributed by atoms with E-state index in [1.807, 2.05) is 0 Å². The summed E-state index contributed by atoms with van der Waals surface area (Å²) in [6, 6.07) is 10.2. The molecule has 1 aromatic heterocycles. The molecule has 0 spiro atoms. The van der Waals surface area contributed by atoms with Crippen molar-refractivity contribution in [2.24, 2.45) is 10.7 Å². The van der Waals surface area contributed by atoms with Crippen LogP contribution in [0.2, 0.25) is 5.15 Å². The lowest BCUT2D eigenvalue weighted by atomic mass is 10.2. The maximum Gasteiger partial charge on any atom is 0.252 e. The molecule has 6 nitrogen and oxygen atoms in total. The van der Waals surface area contributed by atoms with Gasteiger partial charge in [0.15, 0.2) is 0 Å². The van der Waals surface area contributed by atoms with E-state index < -0.39 is 5.91 Å². The van der Waals surface area contributed by atoms with Crippen LogP contribution in [0.25, 0.3) is 0 Å². The molecule has 2 aromatic rings. The number of nitrogens with one attached hydrogen (secondary N) is 2. The van der Waals surface area contributed by atoms with Gasteiger partial charge in [0.25, 0.3) is 5.91 Å². The number of nitrogens with zero attached hydrogens (tertiary/aromatic N) is 2. The number of carbonyl (C=O) groups excluding carboxylic acids is 1. The van der Waals surface area contributed by atoms with E-state index in [0.717, 1.165) is 11.4 Å². The number of rotatable bonds is 6. The van der Waals surface area contributed by atoms with Crippen LogP contribution in [0.4, 0.5) is 17.2 Å². The quantitative estimate of drug-likeness (QED) is 0.562. The Morgan fingerprint density at radius 3 is 2.68 bits per heavy atom. The molecule has 0 saturated heterocycles. The zero-order valence-electron chi connectivity index (χ0n) is 11.6. The van der Waals surface area contributed by atoms with Crippen molar-refractivity contribution in [1.29, 1.82) is 5.41 Å². The van der Waals surface area contributed by atoms with E-state index in [-0.39, 0.29) is 10.7 Å². The highest BCUT2D eigenvalue weighted by molar-refractivity contribution is 6.29. The first-order valence-corrected chi connectivity index (χ1v) is 6.83. The summed E-state index contributed by atoms with van der Waals surface area (Å²) in [5.41, 5.74) is 7.06. The fourth-order valence-electron chi connectivity index (χ4n) is 1.71. The number of nitrogens with two attached hydrogens (primary N) is 1. The van der Waals surface area contributed by atoms with Crippen LogP contribution in [-0.4, -0.2) is 23.3 Å². The van der Waals surface area contributed by atoms with Gasteiger partial charge in [-0.25, -0.2) is 4.98 Å². The van der Waals surface area contributed by atoms with Crippen molar-refractivity contribution >= 4 is 47.1 Å². The van der Waals surface area contributed by atoms with Crippen molar-refractivity contribution in [3.8, 4) is 0 Å². The number of aromatic nitrogens is 1. The average Bonchev–Trinajstić information content (AvgIpc) is 2.49. The molecule has 0 aliphatic rings. The number of pyridine rings is 1. The first-order chi connectivity index (χ1) is 10.6. The Hall–Kier alpha value is -2.73. The van der Waals surface area contributed by atoms with Crippen LogP contribution >= 0.6 is 11.6 Å². The molecule has 22 heavy (non-hydrogen) atoms. The minimum Gasteiger partial charge on any atom is -0.365 e. The van der Waals surface area contributed by atoms with Gasteiger partial charge in [0.2, 0.25) is 0 Å². The fraction of sp³-hybridized carbons (Fsp3) is 0.0667. The zero-order valence-corrected chi connectivity index (χ0v) is 12.3. The molecule has 2 rings (SSSR count). The van der Waals surface area contributed by atoms with Gasteiger partial charge in [0.1, 0.15) is 11.0 Å². The number of aliphatic imine (C=N–C) groups is 1. The van der Waals surface area contributed by atoms with E-state index in [1.54, 1.807) is 30.5 Å². The molecule has 0 bridgehead atoms. The van der Waals surface area contributed by atoms with Gasteiger partial charge < -0.3 is 16.5 Å². The minimum atomic E-state index is -0.584. The predicted molar refractivity (Wildman–Crippen MR) is 89.0 cm³/mol. The molecule has 1 aromatic carbocycles. The summed E-state index contributed by atoms with van der Waals surface area (Å²) < 4.78 is 0. The Kier molecular flexibility index (Phi) is 5.21. The second-order valence-corrected chi connectivity index (χ2v) is 4.71. The van der Waals surface area contributed by atoms with Crippen LogP contribution in [0.15, 0.2) is 41.4 Å². The van der Waals surface area contributed by atoms with Gasteiger partial charge in [-0.2, -0.15) is 0 Å². The third-order valence-corrected chi connectivity index (χ3v) is 2.93. The number of benzene rings is 1. The molecule has 0 atom stereocenters. The largest absolute Gasteiger partial charge is 0.365 e. The maximum atomic E-state index is 11.4. The topological polar surface area (TPSA) is 104 Å². The summed E-state index contributed by atoms with van der Waals surface area (Å²) in [7, 11) is 0. The summed E-state index contributed by atoms with van der Waals surface area (Å²) in [6.45, 7) is 0. The van der Waals surface area contributed by atoms with E-state index in [9.17, 15) is 4.79 Å². The van der Waals surface area contributed by atoms with Gasteiger partial charge in [-0.05, 0) is 36.4 Å². The number of primary amides is 1. The first kappa shape index (κ1) is 15.7. The molecule has 1 heterocycles. The van der Waals surface area contributed by atoms with Crippen LogP contribution in [-0.2, 0) is 0 Å². The Balaban J connectivity index is 2.19. The third kappa shape index (κ3) is 4.13. The molecule has 0 aliphatic heterocycles. The highest BCUT2D eigenvalue weighted by Crippen LogP contribution is 2.23. The molecule has 1 amide bonds. The zero-order chi connectivity index (χ0) is 15.9. The number of hydrogen-bond donors (Lipinski definition) is 3. The van der Waals surface area contributed by atoms with Crippen LogP contribution < -0.4 is 11.1 Å². The third-order valence-electron chi connectivity index (χ3n) is 2.72. The van der Waals surface area contributed by atoms with E-state index in [1.165, 1.54) is 18.3 Å². The smallest absolute Gasteiger partial charge is 0.252 e. The van der Waals surface area contributed by atoms with Crippen LogP contribution in [0.1, 0.15) is 16.8 Å². The van der Waals surface area contributed by atoms with Gasteiger partial charge >= 0.3 is 0 Å². The Bertz CT molecular complexity index is 712. The lowest BCUT2D eigenvalue weighted by Gasteiger charge is -2.09. The molecular weight excluding hydrogens is 302 g/mol. The van der Waals surface area contributed by atoms with E-state index >= 15 is 0 Å². The fourth-order valence-corrected chi connectivity index (χ4v) is 1.86. The van der Waals surface area contributed by atoms with Crippen molar-refractivity contribution in [2.75, 3.05) is 5.32 Å². The summed E-state index contributed by atoms with van der Waals surface area (Å²) in [5, 5.41) is 10.2. The van der Waals surface area contributed by atoms with Crippen LogP contribution in [0.5, 0.6) is 0 Å². The highest BCUT2D eigenvalue weighted by Gasteiger charge is 2.10. The lowest BCUT2D eigenvalue weighted by Crippen LogP contribution is -2.14. The standard InChI is InChI=1S/C15H14ClN5O/c16-13-7-6-12(14(18)22)15(21-13)20-11-4-2-10(3-5-11)19-9-1-8-17/h2-9,17H,1H2,(H2,18,22)(H,20,21). The second kappa shape index (κ2) is 7.33. The van der Waals surface area contributed by atoms with Gasteiger partial charge in [-0.15, -0.1) is 0 Å². The Labute approximate surface area is 132 Å². The van der Waals surface area contributed by atoms with E-state index in [0.29, 0.717) is 12.2 Å². The van der Waals surface area contributed by atoms with Crippen molar-refractivity contribution in [3.63, 3.8) is 0 Å². The number of anilines is 2. The number of carbonyl (C=O) groups is 1. The molecule has 0 aliphatic carbocycles. The van der Waals surface area contributed by atoms with E-state index in [4.69, 9.17) is 22.7 Å². The lowest BCUT2D eigenvalue weighted by molar-refractivity contribution is 0.100. The molecule has 4 N–H and O–H groups in total. The SMILES string of the molecule is N=CCC=Nc1ccc(Nc2nc(Cl)ccc2C(N)=O)cc1. The summed E-state index contributed by atoms with van der Waals surface area (Å²) in [5.74, 6) is -0.278. The second-order valence-electron chi connectivity index (χ2n) is 4.32. The Morgan fingerprint density at radius 1 is 1.32 bits per heavy atom. The van der Waals surface area contributed by atoms with Crippen LogP contribution in [0, 0.1) is 5.41 Å². The van der Waals surface area contributed by atoms with Crippen LogP contribution in [0.3, 0.4) is 0 Å². The number of amides is 1. The van der Waals surface area contributed by atoms with Gasteiger partial charge in [-0.3, -0.25) is 9.79 Å². The molecule has 0 saturated carbocycles. The monoisotopic (exact) mass is 315 g/mol. The van der Waals surface area contributed by atoms with Crippen molar-refractivity contribution in [2.45, 2.75) is 6.42 Å². The minimum absolute atomic E-state index is 0.262. The first-order valence-electron chi connectivity index (χ1n) is 6.45. The normalized spacial score (nSPS) is 10.6. The van der Waals surface area contributed by atoms with Gasteiger partial charge in [0, 0.05) is 24.5 Å². The molecule has 0 unspecified atom stereocenters. The number of hydrogen-bond acceptors (Lipinski definition) is 5. The van der Waals surface area contributed by atoms with Crippen molar-refractivity contribution in [3.05, 3.63) is 47.1 Å². The van der Waals surface area contributed by atoms with E-state index in [2.05, 4.69) is 15.3 Å². The van der Waals surface area contributed by atoms with Gasteiger partial charge in [-0.1, -0.05) is 11.6 Å². The summed E-state index contributed by atoms with van der Waals surface area (Å²) >= 11 is 5.84. The molecule has 0 radical (unpaired) electrons. The van der Waals surface area contributed by atoms with Crippen molar-refractivity contribution in [1.82, 2.24) is 4.98 Å². The Morgan fingerprint density at radius 2 is 2.05 bits per heavy atom. The molecular formula is C15H14ClN5O. The highest BCUT2D eigenvalue weighted by atomic mass is 35.5. The predicted octanol–water partition coefficient (Wildman–Crippen LogP) is 3.32. The van der Waals surface area contributed by atoms with Gasteiger partial charge in [0.05, 0.1) is 11.3 Å². The van der Waals surface area contributed by atoms with Crippen molar-refractivity contribution < 1.29 is 4.79 Å². The molecule has 112 valence electrons. The maximum absolute atomic E-state index is 11.4. The summed E-state index contributed by atoms with van der Waals surface area (Å²) in [4.78, 5) is 19.6. The average molecular weight is 316 g/mol.